The molecule has 130 valence electrons. The molecule has 24 heavy (non-hydrogen) atoms. The largest absolute Gasteiger partial charge is 0.486 e. The van der Waals surface area contributed by atoms with E-state index < -0.39 is 5.60 Å². The van der Waals surface area contributed by atoms with Gasteiger partial charge in [-0.15, -0.1) is 0 Å². The Balaban J connectivity index is 1.79. The van der Waals surface area contributed by atoms with Crippen LogP contribution in [-0.2, 0) is 4.79 Å². The third-order valence-corrected chi connectivity index (χ3v) is 6.43. The minimum absolute atomic E-state index is 0.119. The molecule has 4 nitrogen and oxygen atoms in total. The van der Waals surface area contributed by atoms with E-state index in [1.165, 1.54) is 0 Å². The quantitative estimate of drug-likeness (QED) is 0.717. The maximum Gasteiger partial charge on any atom is 0.236 e. The van der Waals surface area contributed by atoms with Crippen LogP contribution < -0.4 is 4.74 Å². The van der Waals surface area contributed by atoms with E-state index in [1.54, 1.807) is 0 Å². The normalized spacial score (nSPS) is 20.5. The number of carbonyl (C=O) groups is 2. The van der Waals surface area contributed by atoms with Crippen LogP contribution in [0.15, 0.2) is 12.1 Å². The number of rotatable bonds is 2. The second kappa shape index (κ2) is 6.51. The zero-order valence-corrected chi connectivity index (χ0v) is 16.1. The molecule has 5 heteroatoms. The first-order chi connectivity index (χ1) is 11.4. The highest BCUT2D eigenvalue weighted by atomic mass is 79.9. The molecule has 0 aliphatic carbocycles. The van der Waals surface area contributed by atoms with Crippen LogP contribution in [0.5, 0.6) is 5.75 Å². The Morgan fingerprint density at radius 1 is 1.33 bits per heavy atom. The van der Waals surface area contributed by atoms with Gasteiger partial charge in [0.25, 0.3) is 0 Å². The van der Waals surface area contributed by atoms with Crippen molar-refractivity contribution in [3.05, 3.63) is 28.8 Å². The standard InChI is InChI=1S/C19H24BrNO3/c1-4-15(20)18(23)21-9-7-19(8-10-21)11-16(22)14-6-5-12(2)13(3)17(14)24-19/h5-6,15H,4,7-11H2,1-3H3. The fraction of sp³-hybridized carbons (Fsp3) is 0.579. The number of hydrogen-bond donors (Lipinski definition) is 0. The summed E-state index contributed by atoms with van der Waals surface area (Å²) >= 11 is 3.44. The number of fused-ring (bicyclic) bond motifs is 1. The van der Waals surface area contributed by atoms with Crippen LogP contribution >= 0.6 is 15.9 Å². The number of halogens is 1. The fourth-order valence-corrected chi connectivity index (χ4v) is 3.86. The van der Waals surface area contributed by atoms with Crippen molar-refractivity contribution >= 4 is 27.6 Å². The van der Waals surface area contributed by atoms with Gasteiger partial charge in [-0.1, -0.05) is 28.9 Å². The minimum Gasteiger partial charge on any atom is -0.486 e. The van der Waals surface area contributed by atoms with Crippen molar-refractivity contribution in [3.8, 4) is 5.75 Å². The lowest BCUT2D eigenvalue weighted by atomic mass is 9.81. The average Bonchev–Trinajstić information content (AvgIpc) is 2.58. The number of ketones is 1. The van der Waals surface area contributed by atoms with Gasteiger partial charge in [0.2, 0.25) is 5.91 Å². The molecule has 0 aromatic heterocycles. The molecule has 0 bridgehead atoms. The van der Waals surface area contributed by atoms with Crippen LogP contribution in [0.2, 0.25) is 0 Å². The van der Waals surface area contributed by atoms with Crippen LogP contribution in [0.3, 0.4) is 0 Å². The molecule has 1 fully saturated rings. The van der Waals surface area contributed by atoms with Crippen LogP contribution in [0.1, 0.15) is 54.1 Å². The zero-order chi connectivity index (χ0) is 17.5. The smallest absolute Gasteiger partial charge is 0.236 e. The molecular weight excluding hydrogens is 370 g/mol. The lowest BCUT2D eigenvalue weighted by molar-refractivity contribution is -0.134. The Bertz CT molecular complexity index is 677. The second-order valence-corrected chi connectivity index (χ2v) is 8.08. The van der Waals surface area contributed by atoms with Crippen molar-refractivity contribution in [2.24, 2.45) is 0 Å². The number of amides is 1. The summed E-state index contributed by atoms with van der Waals surface area (Å²) in [5.41, 5.74) is 2.43. The average molecular weight is 394 g/mol. The number of Topliss-reactive ketones (excluding diaryl/α,β-unsaturated/α-hetero) is 1. The number of aryl methyl sites for hydroxylation is 1. The highest BCUT2D eigenvalue weighted by Crippen LogP contribution is 2.41. The Kier molecular flexibility index (Phi) is 4.73. The Hall–Kier alpha value is -1.36. The van der Waals surface area contributed by atoms with E-state index in [0.717, 1.165) is 23.3 Å². The molecule has 0 N–H and O–H groups in total. The van der Waals surface area contributed by atoms with E-state index in [0.29, 0.717) is 37.9 Å². The predicted octanol–water partition coefficient (Wildman–Crippen LogP) is 3.80. The Morgan fingerprint density at radius 3 is 2.62 bits per heavy atom. The molecule has 1 atom stereocenters. The molecular formula is C19H24BrNO3. The number of likely N-dealkylation sites (tertiary alicyclic amines) is 1. The summed E-state index contributed by atoms with van der Waals surface area (Å²) in [6, 6.07) is 3.86. The SMILES string of the molecule is CCC(Br)C(=O)N1CCC2(CC1)CC(=O)c1ccc(C)c(C)c1O2. The molecule has 1 aromatic carbocycles. The number of hydrogen-bond acceptors (Lipinski definition) is 3. The molecule has 3 rings (SSSR count). The van der Waals surface area contributed by atoms with Gasteiger partial charge >= 0.3 is 0 Å². The highest BCUT2D eigenvalue weighted by molar-refractivity contribution is 9.10. The van der Waals surface area contributed by atoms with Crippen molar-refractivity contribution in [1.82, 2.24) is 4.90 Å². The highest BCUT2D eigenvalue weighted by Gasteiger charge is 2.44. The molecule has 1 amide bonds. The van der Waals surface area contributed by atoms with E-state index in [4.69, 9.17) is 4.74 Å². The van der Waals surface area contributed by atoms with E-state index in [1.807, 2.05) is 37.8 Å². The lowest BCUT2D eigenvalue weighted by Gasteiger charge is -2.44. The van der Waals surface area contributed by atoms with Crippen molar-refractivity contribution < 1.29 is 14.3 Å². The molecule has 1 spiro atoms. The van der Waals surface area contributed by atoms with Crippen LogP contribution in [0.25, 0.3) is 0 Å². The molecule has 0 radical (unpaired) electrons. The lowest BCUT2D eigenvalue weighted by Crippen LogP contribution is -2.53. The van der Waals surface area contributed by atoms with Gasteiger partial charge in [0.05, 0.1) is 16.8 Å². The summed E-state index contributed by atoms with van der Waals surface area (Å²) in [4.78, 5) is 26.7. The number of carbonyl (C=O) groups excluding carboxylic acids is 2. The predicted molar refractivity (Wildman–Crippen MR) is 97.0 cm³/mol. The first kappa shape index (κ1) is 17.5. The van der Waals surface area contributed by atoms with Gasteiger partial charge in [0.15, 0.2) is 5.78 Å². The van der Waals surface area contributed by atoms with Gasteiger partial charge in [-0.05, 0) is 37.5 Å². The summed E-state index contributed by atoms with van der Waals surface area (Å²) in [5.74, 6) is 1.05. The third-order valence-electron chi connectivity index (χ3n) is 5.39. The maximum absolute atomic E-state index is 12.6. The van der Waals surface area contributed by atoms with Gasteiger partial charge in [-0.25, -0.2) is 0 Å². The monoisotopic (exact) mass is 393 g/mol. The van der Waals surface area contributed by atoms with Crippen LogP contribution in [0.4, 0.5) is 0 Å². The van der Waals surface area contributed by atoms with Crippen LogP contribution in [-0.4, -0.2) is 40.1 Å². The van der Waals surface area contributed by atoms with E-state index in [2.05, 4.69) is 15.9 Å². The van der Waals surface area contributed by atoms with Gasteiger partial charge < -0.3 is 9.64 Å². The summed E-state index contributed by atoms with van der Waals surface area (Å²) in [5, 5.41) is 0. The van der Waals surface area contributed by atoms with Gasteiger partial charge in [-0.2, -0.15) is 0 Å². The molecule has 1 unspecified atom stereocenters. The van der Waals surface area contributed by atoms with Crippen molar-refractivity contribution in [1.29, 1.82) is 0 Å². The van der Waals surface area contributed by atoms with Gasteiger partial charge in [0.1, 0.15) is 11.4 Å². The third kappa shape index (κ3) is 2.99. The molecule has 2 heterocycles. The fourth-order valence-electron chi connectivity index (χ4n) is 3.57. The first-order valence-electron chi connectivity index (χ1n) is 8.62. The molecule has 2 aliphatic rings. The summed E-state index contributed by atoms with van der Waals surface area (Å²) in [7, 11) is 0. The van der Waals surface area contributed by atoms with Crippen molar-refractivity contribution in [2.45, 2.75) is 56.9 Å². The summed E-state index contributed by atoms with van der Waals surface area (Å²) in [6.45, 7) is 7.33. The summed E-state index contributed by atoms with van der Waals surface area (Å²) in [6.07, 6.45) is 2.61. The van der Waals surface area contributed by atoms with Crippen LogP contribution in [0, 0.1) is 13.8 Å². The Labute approximate surface area is 151 Å². The molecule has 0 saturated carbocycles. The first-order valence-corrected chi connectivity index (χ1v) is 9.54. The number of nitrogens with zero attached hydrogens (tertiary/aromatic N) is 1. The number of piperidine rings is 1. The van der Waals surface area contributed by atoms with Crippen molar-refractivity contribution in [3.63, 3.8) is 0 Å². The van der Waals surface area contributed by atoms with Gasteiger partial charge in [-0.3, -0.25) is 9.59 Å². The molecule has 2 aliphatic heterocycles. The van der Waals surface area contributed by atoms with E-state index in [-0.39, 0.29) is 16.5 Å². The van der Waals surface area contributed by atoms with Crippen molar-refractivity contribution in [2.75, 3.05) is 13.1 Å². The van der Waals surface area contributed by atoms with Gasteiger partial charge in [0, 0.05) is 25.9 Å². The zero-order valence-electron chi connectivity index (χ0n) is 14.5. The molecule has 1 aromatic rings. The van der Waals surface area contributed by atoms with E-state index in [9.17, 15) is 9.59 Å². The number of ether oxygens (including phenoxy) is 1. The molecule has 1 saturated heterocycles. The number of benzene rings is 1. The topological polar surface area (TPSA) is 46.6 Å². The maximum atomic E-state index is 12.6. The van der Waals surface area contributed by atoms with E-state index >= 15 is 0 Å². The Morgan fingerprint density at radius 2 is 2.00 bits per heavy atom. The summed E-state index contributed by atoms with van der Waals surface area (Å²) < 4.78 is 6.39. The number of alkyl halides is 1. The second-order valence-electron chi connectivity index (χ2n) is 6.97. The minimum atomic E-state index is -0.451.